The molecule has 1 saturated heterocycles. The normalized spacial score (nSPS) is 17.3. The molecule has 0 bridgehead atoms. The van der Waals surface area contributed by atoms with Crippen molar-refractivity contribution in [1.29, 1.82) is 0 Å². The van der Waals surface area contributed by atoms with Crippen LogP contribution in [-0.4, -0.2) is 39.8 Å². The molecule has 1 aliphatic heterocycles. The number of hydrogen-bond donors (Lipinski definition) is 2. The van der Waals surface area contributed by atoms with E-state index in [4.69, 9.17) is 5.73 Å². The lowest BCUT2D eigenvalue weighted by Gasteiger charge is -2.21. The highest BCUT2D eigenvalue weighted by molar-refractivity contribution is 5.92. The van der Waals surface area contributed by atoms with E-state index in [1.165, 1.54) is 0 Å². The molecule has 1 fully saturated rings. The predicted octanol–water partition coefficient (Wildman–Crippen LogP) is 2.67. The van der Waals surface area contributed by atoms with E-state index >= 15 is 0 Å². The highest BCUT2D eigenvalue weighted by Gasteiger charge is 2.29. The van der Waals surface area contributed by atoms with Crippen LogP contribution < -0.4 is 16.1 Å². The first kappa shape index (κ1) is 20.9. The third-order valence-corrected chi connectivity index (χ3v) is 5.58. The van der Waals surface area contributed by atoms with Gasteiger partial charge in [-0.15, -0.1) is 0 Å². The van der Waals surface area contributed by atoms with Crippen molar-refractivity contribution in [2.75, 3.05) is 18.0 Å². The number of nitrogens with zero attached hydrogens (tertiary/aromatic N) is 3. The van der Waals surface area contributed by atoms with Crippen LogP contribution >= 0.6 is 0 Å². The lowest BCUT2D eigenvalue weighted by Crippen LogP contribution is -2.30. The SMILES string of the molecule is C[C@H](N)[C@H]1CCN(c2nc3c(cc2F)c(=O)c(C(=O)O)cn3-c2ccc(F)cc2F)C1. The van der Waals surface area contributed by atoms with E-state index in [1.807, 2.05) is 6.92 Å². The molecule has 162 valence electrons. The van der Waals surface area contributed by atoms with Crippen LogP contribution in [0.5, 0.6) is 0 Å². The lowest BCUT2D eigenvalue weighted by molar-refractivity contribution is 0.0695. The number of carboxylic acid groups (broad SMARTS) is 1. The number of rotatable bonds is 4. The number of fused-ring (bicyclic) bond motifs is 1. The quantitative estimate of drug-likeness (QED) is 0.658. The molecule has 3 heterocycles. The number of aromatic carboxylic acids is 1. The molecule has 4 rings (SSSR count). The summed E-state index contributed by atoms with van der Waals surface area (Å²) in [6, 6.07) is 3.51. The monoisotopic (exact) mass is 432 g/mol. The number of anilines is 1. The van der Waals surface area contributed by atoms with Crippen LogP contribution in [0.2, 0.25) is 0 Å². The molecule has 2 aromatic heterocycles. The van der Waals surface area contributed by atoms with Crippen molar-refractivity contribution in [2.24, 2.45) is 11.7 Å². The number of carboxylic acids is 1. The molecule has 1 aliphatic rings. The Bertz CT molecular complexity index is 1260. The van der Waals surface area contributed by atoms with E-state index in [1.54, 1.807) is 4.90 Å². The first-order valence-electron chi connectivity index (χ1n) is 9.62. The smallest absolute Gasteiger partial charge is 0.341 e. The second-order valence-electron chi connectivity index (χ2n) is 7.66. The molecule has 0 radical (unpaired) electrons. The molecule has 0 aliphatic carbocycles. The molecule has 1 aromatic carbocycles. The van der Waals surface area contributed by atoms with Gasteiger partial charge in [-0.05, 0) is 37.5 Å². The van der Waals surface area contributed by atoms with Gasteiger partial charge >= 0.3 is 5.97 Å². The summed E-state index contributed by atoms with van der Waals surface area (Å²) in [5, 5.41) is 9.06. The molecule has 3 aromatic rings. The van der Waals surface area contributed by atoms with E-state index in [9.17, 15) is 27.9 Å². The van der Waals surface area contributed by atoms with Crippen molar-refractivity contribution in [3.05, 3.63) is 63.7 Å². The van der Waals surface area contributed by atoms with Crippen molar-refractivity contribution < 1.29 is 23.1 Å². The molecule has 0 spiro atoms. The minimum Gasteiger partial charge on any atom is -0.477 e. The fraction of sp³-hybridized carbons (Fsp3) is 0.286. The summed E-state index contributed by atoms with van der Waals surface area (Å²) in [7, 11) is 0. The molecule has 0 saturated carbocycles. The molecular weight excluding hydrogens is 413 g/mol. The zero-order valence-corrected chi connectivity index (χ0v) is 16.5. The van der Waals surface area contributed by atoms with Gasteiger partial charge in [0.1, 0.15) is 17.2 Å². The van der Waals surface area contributed by atoms with Gasteiger partial charge < -0.3 is 15.7 Å². The first-order chi connectivity index (χ1) is 14.7. The summed E-state index contributed by atoms with van der Waals surface area (Å²) in [5.41, 5.74) is 3.94. The Kier molecular flexibility index (Phi) is 5.18. The minimum absolute atomic E-state index is 0.0469. The second-order valence-corrected chi connectivity index (χ2v) is 7.66. The van der Waals surface area contributed by atoms with Gasteiger partial charge in [-0.25, -0.2) is 22.9 Å². The van der Waals surface area contributed by atoms with E-state index in [0.717, 1.165) is 35.4 Å². The highest BCUT2D eigenvalue weighted by atomic mass is 19.1. The Morgan fingerprint density at radius 2 is 2.00 bits per heavy atom. The third-order valence-electron chi connectivity index (χ3n) is 5.58. The molecular formula is C21H19F3N4O3. The maximum absolute atomic E-state index is 14.9. The van der Waals surface area contributed by atoms with Gasteiger partial charge in [0.25, 0.3) is 0 Å². The van der Waals surface area contributed by atoms with E-state index in [2.05, 4.69) is 4.98 Å². The summed E-state index contributed by atoms with van der Waals surface area (Å²) < 4.78 is 43.9. The summed E-state index contributed by atoms with van der Waals surface area (Å²) >= 11 is 0. The Labute approximate surface area is 174 Å². The van der Waals surface area contributed by atoms with Crippen molar-refractivity contribution in [3.63, 3.8) is 0 Å². The van der Waals surface area contributed by atoms with Crippen LogP contribution in [0.1, 0.15) is 23.7 Å². The fourth-order valence-electron chi connectivity index (χ4n) is 3.86. The maximum atomic E-state index is 14.9. The molecule has 2 atom stereocenters. The highest BCUT2D eigenvalue weighted by Crippen LogP contribution is 2.29. The van der Waals surface area contributed by atoms with Crippen molar-refractivity contribution in [1.82, 2.24) is 9.55 Å². The summed E-state index contributed by atoms with van der Waals surface area (Å²) in [6.45, 7) is 2.81. The van der Waals surface area contributed by atoms with E-state index in [0.29, 0.717) is 19.2 Å². The molecule has 0 amide bonds. The van der Waals surface area contributed by atoms with Crippen LogP contribution in [0.4, 0.5) is 19.0 Å². The van der Waals surface area contributed by atoms with E-state index in [-0.39, 0.29) is 34.5 Å². The van der Waals surface area contributed by atoms with Gasteiger partial charge in [-0.3, -0.25) is 9.36 Å². The largest absolute Gasteiger partial charge is 0.477 e. The molecule has 10 heteroatoms. The summed E-state index contributed by atoms with van der Waals surface area (Å²) in [4.78, 5) is 30.1. The van der Waals surface area contributed by atoms with Crippen molar-refractivity contribution in [3.8, 4) is 5.69 Å². The Balaban J connectivity index is 1.98. The van der Waals surface area contributed by atoms with E-state index < -0.39 is 34.4 Å². The Hall–Kier alpha value is -3.40. The number of nitrogens with two attached hydrogens (primary N) is 1. The van der Waals surface area contributed by atoms with Crippen molar-refractivity contribution >= 4 is 22.8 Å². The average Bonchev–Trinajstić information content (AvgIpc) is 3.19. The predicted molar refractivity (Wildman–Crippen MR) is 108 cm³/mol. The van der Waals surface area contributed by atoms with Crippen LogP contribution in [0.15, 0.2) is 35.3 Å². The maximum Gasteiger partial charge on any atom is 0.341 e. The van der Waals surface area contributed by atoms with Gasteiger partial charge in [0.15, 0.2) is 17.3 Å². The van der Waals surface area contributed by atoms with Crippen LogP contribution in [0, 0.1) is 23.4 Å². The number of aromatic nitrogens is 2. The van der Waals surface area contributed by atoms with Crippen LogP contribution in [-0.2, 0) is 0 Å². The number of halogens is 3. The zero-order valence-electron chi connectivity index (χ0n) is 16.5. The average molecular weight is 432 g/mol. The summed E-state index contributed by atoms with van der Waals surface area (Å²) in [6.07, 6.45) is 1.64. The minimum atomic E-state index is -1.56. The van der Waals surface area contributed by atoms with Gasteiger partial charge in [0.05, 0.1) is 11.1 Å². The lowest BCUT2D eigenvalue weighted by atomic mass is 10.0. The number of pyridine rings is 2. The topological polar surface area (TPSA) is 101 Å². The Morgan fingerprint density at radius 3 is 2.61 bits per heavy atom. The Morgan fingerprint density at radius 1 is 1.26 bits per heavy atom. The van der Waals surface area contributed by atoms with Gasteiger partial charge in [0.2, 0.25) is 5.43 Å². The number of carbonyl (C=O) groups is 1. The second kappa shape index (κ2) is 7.69. The van der Waals surface area contributed by atoms with Gasteiger partial charge in [-0.1, -0.05) is 0 Å². The molecule has 7 nitrogen and oxygen atoms in total. The molecule has 0 unspecified atom stereocenters. The summed E-state index contributed by atoms with van der Waals surface area (Å²) in [5.74, 6) is -4.11. The number of benzene rings is 1. The fourth-order valence-corrected chi connectivity index (χ4v) is 3.86. The molecule has 3 N–H and O–H groups in total. The standard InChI is InChI=1S/C21H19F3N4O3/c1-10(25)11-4-5-27(8-11)20-16(24)7-13-18(29)14(21(30)31)9-28(19(13)26-20)17-3-2-12(22)6-15(17)23/h2-3,6-7,9-11H,4-5,8,25H2,1H3,(H,30,31)/t10-,11-/m0/s1. The zero-order chi connectivity index (χ0) is 22.4. The van der Waals surface area contributed by atoms with Crippen LogP contribution in [0.3, 0.4) is 0 Å². The first-order valence-corrected chi connectivity index (χ1v) is 9.62. The van der Waals surface area contributed by atoms with Gasteiger partial charge in [-0.2, -0.15) is 0 Å². The van der Waals surface area contributed by atoms with Crippen molar-refractivity contribution in [2.45, 2.75) is 19.4 Å². The van der Waals surface area contributed by atoms with Gasteiger partial charge in [0, 0.05) is 31.4 Å². The number of hydrogen-bond acceptors (Lipinski definition) is 5. The molecule has 31 heavy (non-hydrogen) atoms. The van der Waals surface area contributed by atoms with Crippen LogP contribution in [0.25, 0.3) is 16.7 Å². The third kappa shape index (κ3) is 3.63.